The lowest BCUT2D eigenvalue weighted by atomic mass is 10.1. The standard InChI is InChI=1S/C19H19N3O2/c1-14-4-2-3-5-15(14)10-11-21-13-16(12-20)19(24)22-17-6-8-18(23)9-7-17/h2-9,13,21,23H,10-11H2,1H3,(H,22,24)/b16-13-. The molecule has 0 heterocycles. The summed E-state index contributed by atoms with van der Waals surface area (Å²) in [4.78, 5) is 12.0. The first-order chi connectivity index (χ1) is 11.6. The van der Waals surface area contributed by atoms with Gasteiger partial charge in [0.05, 0.1) is 0 Å². The van der Waals surface area contributed by atoms with Crippen molar-refractivity contribution >= 4 is 11.6 Å². The molecule has 1 amide bonds. The second-order valence-corrected chi connectivity index (χ2v) is 5.30. The van der Waals surface area contributed by atoms with Crippen LogP contribution in [0.25, 0.3) is 0 Å². The third-order valence-electron chi connectivity index (χ3n) is 3.54. The van der Waals surface area contributed by atoms with Crippen LogP contribution in [-0.2, 0) is 11.2 Å². The van der Waals surface area contributed by atoms with E-state index in [1.165, 1.54) is 29.5 Å². The highest BCUT2D eigenvalue weighted by Crippen LogP contribution is 2.14. The molecule has 2 aromatic rings. The molecule has 0 radical (unpaired) electrons. The van der Waals surface area contributed by atoms with Gasteiger partial charge in [0, 0.05) is 18.4 Å². The van der Waals surface area contributed by atoms with E-state index in [0.717, 1.165) is 6.42 Å². The molecule has 0 aliphatic carbocycles. The molecule has 0 fully saturated rings. The fraction of sp³-hybridized carbons (Fsp3) is 0.158. The van der Waals surface area contributed by atoms with E-state index in [0.29, 0.717) is 12.2 Å². The molecule has 3 N–H and O–H groups in total. The highest BCUT2D eigenvalue weighted by atomic mass is 16.3. The minimum absolute atomic E-state index is 0.00661. The van der Waals surface area contributed by atoms with Gasteiger partial charge < -0.3 is 15.7 Å². The number of nitrogens with zero attached hydrogens (tertiary/aromatic N) is 1. The molecule has 122 valence electrons. The lowest BCUT2D eigenvalue weighted by molar-refractivity contribution is -0.112. The van der Waals surface area contributed by atoms with Gasteiger partial charge >= 0.3 is 0 Å². The molecule has 2 rings (SSSR count). The Kier molecular flexibility index (Phi) is 5.98. The van der Waals surface area contributed by atoms with E-state index in [4.69, 9.17) is 5.26 Å². The molecule has 0 unspecified atom stereocenters. The molecule has 5 nitrogen and oxygen atoms in total. The van der Waals surface area contributed by atoms with Crippen molar-refractivity contribution in [1.82, 2.24) is 5.32 Å². The molecular weight excluding hydrogens is 302 g/mol. The minimum atomic E-state index is -0.494. The maximum absolute atomic E-state index is 12.0. The summed E-state index contributed by atoms with van der Waals surface area (Å²) in [6, 6.07) is 16.0. The molecule has 0 saturated heterocycles. The van der Waals surface area contributed by atoms with Crippen molar-refractivity contribution in [1.29, 1.82) is 5.26 Å². The van der Waals surface area contributed by atoms with Crippen LogP contribution in [0.15, 0.2) is 60.3 Å². The number of carbonyl (C=O) groups is 1. The highest BCUT2D eigenvalue weighted by Gasteiger charge is 2.09. The molecule has 0 spiro atoms. The molecule has 0 bridgehead atoms. The van der Waals surface area contributed by atoms with Crippen LogP contribution in [0.1, 0.15) is 11.1 Å². The monoisotopic (exact) mass is 321 g/mol. The van der Waals surface area contributed by atoms with Gasteiger partial charge in [-0.15, -0.1) is 0 Å². The van der Waals surface area contributed by atoms with Crippen LogP contribution in [0, 0.1) is 18.3 Å². The Morgan fingerprint density at radius 1 is 1.21 bits per heavy atom. The van der Waals surface area contributed by atoms with Crippen LogP contribution >= 0.6 is 0 Å². The first kappa shape index (κ1) is 17.1. The average molecular weight is 321 g/mol. The highest BCUT2D eigenvalue weighted by molar-refractivity contribution is 6.06. The Labute approximate surface area is 141 Å². The first-order valence-corrected chi connectivity index (χ1v) is 7.58. The Balaban J connectivity index is 1.89. The summed E-state index contributed by atoms with van der Waals surface area (Å²) in [5.41, 5.74) is 2.95. The van der Waals surface area contributed by atoms with E-state index in [2.05, 4.69) is 29.7 Å². The number of rotatable bonds is 6. The summed E-state index contributed by atoms with van der Waals surface area (Å²) in [7, 11) is 0. The second-order valence-electron chi connectivity index (χ2n) is 5.30. The number of phenols is 1. The van der Waals surface area contributed by atoms with Gasteiger partial charge in [-0.1, -0.05) is 24.3 Å². The van der Waals surface area contributed by atoms with Crippen molar-refractivity contribution in [2.45, 2.75) is 13.3 Å². The third-order valence-corrected chi connectivity index (χ3v) is 3.54. The Morgan fingerprint density at radius 2 is 1.92 bits per heavy atom. The molecule has 24 heavy (non-hydrogen) atoms. The van der Waals surface area contributed by atoms with E-state index >= 15 is 0 Å². The van der Waals surface area contributed by atoms with Crippen LogP contribution in [-0.4, -0.2) is 17.6 Å². The summed E-state index contributed by atoms with van der Waals surface area (Å²) in [5.74, 6) is -0.381. The number of phenolic OH excluding ortho intramolecular Hbond substituents is 1. The summed E-state index contributed by atoms with van der Waals surface area (Å²) >= 11 is 0. The number of nitriles is 1. The lowest BCUT2D eigenvalue weighted by Gasteiger charge is -2.07. The fourth-order valence-electron chi connectivity index (χ4n) is 2.16. The number of benzene rings is 2. The molecule has 0 aromatic heterocycles. The van der Waals surface area contributed by atoms with E-state index < -0.39 is 5.91 Å². The van der Waals surface area contributed by atoms with Gasteiger partial charge in [-0.3, -0.25) is 4.79 Å². The zero-order chi connectivity index (χ0) is 17.4. The molecule has 0 saturated carbocycles. The summed E-state index contributed by atoms with van der Waals surface area (Å²) < 4.78 is 0. The van der Waals surface area contributed by atoms with Crippen LogP contribution in [0.2, 0.25) is 0 Å². The maximum Gasteiger partial charge on any atom is 0.267 e. The molecule has 0 atom stereocenters. The van der Waals surface area contributed by atoms with Crippen LogP contribution in [0.3, 0.4) is 0 Å². The van der Waals surface area contributed by atoms with Gasteiger partial charge in [0.25, 0.3) is 5.91 Å². The normalized spacial score (nSPS) is 10.8. The quantitative estimate of drug-likeness (QED) is 0.330. The van der Waals surface area contributed by atoms with Crippen molar-refractivity contribution < 1.29 is 9.90 Å². The fourth-order valence-corrected chi connectivity index (χ4v) is 2.16. The number of aromatic hydroxyl groups is 1. The Hall–Kier alpha value is -3.26. The smallest absolute Gasteiger partial charge is 0.267 e. The molecule has 2 aromatic carbocycles. The van der Waals surface area contributed by atoms with Crippen LogP contribution in [0.5, 0.6) is 5.75 Å². The summed E-state index contributed by atoms with van der Waals surface area (Å²) in [6.07, 6.45) is 2.23. The van der Waals surface area contributed by atoms with E-state index in [1.807, 2.05) is 18.2 Å². The number of carbonyl (C=O) groups excluding carboxylic acids is 1. The topological polar surface area (TPSA) is 85.2 Å². The molecular formula is C19H19N3O2. The summed E-state index contributed by atoms with van der Waals surface area (Å²) in [6.45, 7) is 2.68. The van der Waals surface area contributed by atoms with E-state index in [1.54, 1.807) is 12.1 Å². The number of anilines is 1. The van der Waals surface area contributed by atoms with Gasteiger partial charge in [-0.05, 0) is 48.7 Å². The van der Waals surface area contributed by atoms with Gasteiger partial charge in [0.15, 0.2) is 0 Å². The van der Waals surface area contributed by atoms with Gasteiger partial charge in [0.2, 0.25) is 0 Å². The number of nitrogens with one attached hydrogen (secondary N) is 2. The van der Waals surface area contributed by atoms with E-state index in [-0.39, 0.29) is 11.3 Å². The minimum Gasteiger partial charge on any atom is -0.508 e. The van der Waals surface area contributed by atoms with Crippen LogP contribution < -0.4 is 10.6 Å². The van der Waals surface area contributed by atoms with Gasteiger partial charge in [-0.25, -0.2) is 0 Å². The predicted molar refractivity (Wildman–Crippen MR) is 93.3 cm³/mol. The number of hydrogen-bond donors (Lipinski definition) is 3. The maximum atomic E-state index is 12.0. The molecule has 0 aliphatic heterocycles. The number of amides is 1. The van der Waals surface area contributed by atoms with Crippen molar-refractivity contribution in [3.63, 3.8) is 0 Å². The zero-order valence-corrected chi connectivity index (χ0v) is 13.4. The van der Waals surface area contributed by atoms with Crippen molar-refractivity contribution in [3.05, 3.63) is 71.4 Å². The van der Waals surface area contributed by atoms with Gasteiger partial charge in [-0.2, -0.15) is 5.26 Å². The first-order valence-electron chi connectivity index (χ1n) is 7.58. The predicted octanol–water partition coefficient (Wildman–Crippen LogP) is 2.88. The van der Waals surface area contributed by atoms with Crippen molar-refractivity contribution in [2.24, 2.45) is 0 Å². The third kappa shape index (κ3) is 4.89. The summed E-state index contributed by atoms with van der Waals surface area (Å²) in [5, 5.41) is 23.9. The zero-order valence-electron chi connectivity index (χ0n) is 13.4. The van der Waals surface area contributed by atoms with Crippen molar-refractivity contribution in [2.75, 3.05) is 11.9 Å². The van der Waals surface area contributed by atoms with Gasteiger partial charge in [0.1, 0.15) is 17.4 Å². The molecule has 0 aliphatic rings. The van der Waals surface area contributed by atoms with E-state index in [9.17, 15) is 9.90 Å². The average Bonchev–Trinajstić information content (AvgIpc) is 2.58. The molecule has 5 heteroatoms. The number of aryl methyl sites for hydroxylation is 1. The Morgan fingerprint density at radius 3 is 2.58 bits per heavy atom. The Bertz CT molecular complexity index is 774. The largest absolute Gasteiger partial charge is 0.508 e. The SMILES string of the molecule is Cc1ccccc1CCN/C=C(/C#N)C(=O)Nc1ccc(O)cc1. The lowest BCUT2D eigenvalue weighted by Crippen LogP contribution is -2.18. The van der Waals surface area contributed by atoms with Crippen LogP contribution in [0.4, 0.5) is 5.69 Å². The van der Waals surface area contributed by atoms with Crippen molar-refractivity contribution in [3.8, 4) is 11.8 Å². The second kappa shape index (κ2) is 8.39. The number of hydrogen-bond acceptors (Lipinski definition) is 4.